The molecule has 0 aliphatic rings. The lowest BCUT2D eigenvalue weighted by atomic mass is 10.1. The van der Waals surface area contributed by atoms with Crippen LogP contribution in [0.3, 0.4) is 0 Å². The zero-order valence-corrected chi connectivity index (χ0v) is 14.9. The van der Waals surface area contributed by atoms with Gasteiger partial charge in [0.05, 0.1) is 11.7 Å². The number of carbonyl (C=O) groups is 1. The van der Waals surface area contributed by atoms with Gasteiger partial charge in [0.1, 0.15) is 0 Å². The molecule has 0 bridgehead atoms. The summed E-state index contributed by atoms with van der Waals surface area (Å²) >= 11 is 3.43. The summed E-state index contributed by atoms with van der Waals surface area (Å²) in [6, 6.07) is 14.7. The lowest BCUT2D eigenvalue weighted by molar-refractivity contribution is 0.0938. The van der Waals surface area contributed by atoms with Crippen LogP contribution >= 0.6 is 15.9 Å². The van der Waals surface area contributed by atoms with Gasteiger partial charge in [-0.1, -0.05) is 39.7 Å². The van der Waals surface area contributed by atoms with Crippen LogP contribution in [0.4, 0.5) is 0 Å². The standard InChI is InChI=1S/C17H16BrN5O/c1-11-6-8-13(9-7-11)17(24)19-12(2)16-20-21-22-23(16)15-5-3-4-14(18)10-15/h3-10,12H,1-2H3,(H,19,24). The maximum Gasteiger partial charge on any atom is 0.251 e. The first-order valence-corrected chi connectivity index (χ1v) is 8.25. The predicted molar refractivity (Wildman–Crippen MR) is 93.9 cm³/mol. The summed E-state index contributed by atoms with van der Waals surface area (Å²) in [6.45, 7) is 3.84. The van der Waals surface area contributed by atoms with Crippen molar-refractivity contribution in [1.29, 1.82) is 0 Å². The minimum atomic E-state index is -0.340. The van der Waals surface area contributed by atoms with Crippen molar-refractivity contribution in [3.8, 4) is 5.69 Å². The Morgan fingerprint density at radius 2 is 1.96 bits per heavy atom. The highest BCUT2D eigenvalue weighted by Gasteiger charge is 2.18. The van der Waals surface area contributed by atoms with Crippen molar-refractivity contribution in [3.05, 3.63) is 70.0 Å². The van der Waals surface area contributed by atoms with E-state index in [-0.39, 0.29) is 11.9 Å². The number of rotatable bonds is 4. The number of nitrogens with one attached hydrogen (secondary N) is 1. The van der Waals surface area contributed by atoms with Crippen LogP contribution in [0.15, 0.2) is 53.0 Å². The molecule has 6 nitrogen and oxygen atoms in total. The van der Waals surface area contributed by atoms with E-state index in [1.807, 2.05) is 50.2 Å². The molecule has 0 aliphatic heterocycles. The molecule has 0 saturated carbocycles. The topological polar surface area (TPSA) is 72.7 Å². The lowest BCUT2D eigenvalue weighted by Gasteiger charge is -2.14. The van der Waals surface area contributed by atoms with Gasteiger partial charge in [-0.05, 0) is 54.6 Å². The van der Waals surface area contributed by atoms with Crippen molar-refractivity contribution >= 4 is 21.8 Å². The first-order chi connectivity index (χ1) is 11.5. The number of hydrogen-bond acceptors (Lipinski definition) is 4. The van der Waals surface area contributed by atoms with Gasteiger partial charge < -0.3 is 5.32 Å². The Balaban J connectivity index is 1.81. The van der Waals surface area contributed by atoms with Gasteiger partial charge in [0, 0.05) is 10.0 Å². The highest BCUT2D eigenvalue weighted by Crippen LogP contribution is 2.18. The van der Waals surface area contributed by atoms with Crippen molar-refractivity contribution in [2.24, 2.45) is 0 Å². The highest BCUT2D eigenvalue weighted by molar-refractivity contribution is 9.10. The molecule has 2 aromatic carbocycles. The maximum absolute atomic E-state index is 12.4. The number of nitrogens with zero attached hydrogens (tertiary/aromatic N) is 4. The van der Waals surface area contributed by atoms with Gasteiger partial charge in [-0.15, -0.1) is 5.10 Å². The summed E-state index contributed by atoms with van der Waals surface area (Å²) in [5.74, 6) is 0.403. The van der Waals surface area contributed by atoms with Gasteiger partial charge in [0.15, 0.2) is 5.82 Å². The molecule has 1 N–H and O–H groups in total. The van der Waals surface area contributed by atoms with E-state index in [2.05, 4.69) is 36.8 Å². The number of aryl methyl sites for hydroxylation is 1. The molecule has 0 spiro atoms. The SMILES string of the molecule is Cc1ccc(C(=O)NC(C)c2nnnn2-c2cccc(Br)c2)cc1. The van der Waals surface area contributed by atoms with Crippen LogP contribution in [0.1, 0.15) is 34.7 Å². The molecule has 1 atom stereocenters. The highest BCUT2D eigenvalue weighted by atomic mass is 79.9. The Kier molecular flexibility index (Phi) is 4.71. The average molecular weight is 386 g/mol. The molecular formula is C17H16BrN5O. The second kappa shape index (κ2) is 6.92. The lowest BCUT2D eigenvalue weighted by Crippen LogP contribution is -2.28. The van der Waals surface area contributed by atoms with Crippen LogP contribution < -0.4 is 5.32 Å². The average Bonchev–Trinajstić information content (AvgIpc) is 3.05. The molecule has 1 heterocycles. The largest absolute Gasteiger partial charge is 0.342 e. The zero-order valence-electron chi connectivity index (χ0n) is 13.3. The van der Waals surface area contributed by atoms with Gasteiger partial charge in [0.25, 0.3) is 5.91 Å². The van der Waals surface area contributed by atoms with Gasteiger partial charge in [0.2, 0.25) is 0 Å². The van der Waals surface area contributed by atoms with E-state index in [4.69, 9.17) is 0 Å². The zero-order chi connectivity index (χ0) is 17.1. The van der Waals surface area contributed by atoms with Crippen molar-refractivity contribution in [2.75, 3.05) is 0 Å². The Morgan fingerprint density at radius 3 is 2.67 bits per heavy atom. The molecule has 1 aromatic heterocycles. The number of benzene rings is 2. The second-order valence-electron chi connectivity index (χ2n) is 5.49. The molecule has 1 unspecified atom stereocenters. The van der Waals surface area contributed by atoms with E-state index in [9.17, 15) is 4.79 Å². The first-order valence-electron chi connectivity index (χ1n) is 7.46. The molecule has 3 aromatic rings. The molecule has 0 radical (unpaired) electrons. The summed E-state index contributed by atoms with van der Waals surface area (Å²) in [7, 11) is 0. The van der Waals surface area contributed by atoms with Crippen molar-refractivity contribution in [2.45, 2.75) is 19.9 Å². The Hall–Kier alpha value is -2.54. The molecule has 1 amide bonds. The quantitative estimate of drug-likeness (QED) is 0.747. The van der Waals surface area contributed by atoms with Gasteiger partial charge in [-0.3, -0.25) is 4.79 Å². The van der Waals surface area contributed by atoms with E-state index in [1.54, 1.807) is 16.8 Å². The second-order valence-corrected chi connectivity index (χ2v) is 6.41. The summed E-state index contributed by atoms with van der Waals surface area (Å²) in [5.41, 5.74) is 2.54. The molecule has 24 heavy (non-hydrogen) atoms. The van der Waals surface area contributed by atoms with Crippen LogP contribution in [0.5, 0.6) is 0 Å². The van der Waals surface area contributed by atoms with E-state index in [0.717, 1.165) is 15.7 Å². The molecule has 3 rings (SSSR count). The Morgan fingerprint density at radius 1 is 1.21 bits per heavy atom. The van der Waals surface area contributed by atoms with E-state index in [0.29, 0.717) is 11.4 Å². The fraction of sp³-hybridized carbons (Fsp3) is 0.176. The van der Waals surface area contributed by atoms with Crippen LogP contribution in [0.25, 0.3) is 5.69 Å². The van der Waals surface area contributed by atoms with Crippen molar-refractivity contribution < 1.29 is 4.79 Å². The Labute approximate surface area is 148 Å². The van der Waals surface area contributed by atoms with Gasteiger partial charge in [-0.25, -0.2) is 0 Å². The molecule has 0 saturated heterocycles. The van der Waals surface area contributed by atoms with E-state index < -0.39 is 0 Å². The molecule has 122 valence electrons. The molecule has 7 heteroatoms. The van der Waals surface area contributed by atoms with Crippen molar-refractivity contribution in [3.63, 3.8) is 0 Å². The predicted octanol–water partition coefficient (Wildman–Crippen LogP) is 3.22. The maximum atomic E-state index is 12.4. The summed E-state index contributed by atoms with van der Waals surface area (Å²) < 4.78 is 2.54. The number of carbonyl (C=O) groups excluding carboxylic acids is 1. The number of amides is 1. The number of aromatic nitrogens is 4. The monoisotopic (exact) mass is 385 g/mol. The minimum absolute atomic E-state index is 0.161. The van der Waals surface area contributed by atoms with Crippen LogP contribution in [-0.4, -0.2) is 26.1 Å². The van der Waals surface area contributed by atoms with Crippen LogP contribution in [-0.2, 0) is 0 Å². The van der Waals surface area contributed by atoms with Crippen LogP contribution in [0, 0.1) is 6.92 Å². The fourth-order valence-electron chi connectivity index (χ4n) is 2.31. The summed E-state index contributed by atoms with van der Waals surface area (Å²) in [6.07, 6.45) is 0. The third-order valence-electron chi connectivity index (χ3n) is 3.60. The Bertz CT molecular complexity index is 859. The van der Waals surface area contributed by atoms with E-state index >= 15 is 0 Å². The van der Waals surface area contributed by atoms with Gasteiger partial charge >= 0.3 is 0 Å². The van der Waals surface area contributed by atoms with Crippen LogP contribution in [0.2, 0.25) is 0 Å². The first kappa shape index (κ1) is 16.3. The summed E-state index contributed by atoms with van der Waals surface area (Å²) in [4.78, 5) is 12.4. The molecule has 0 aliphatic carbocycles. The minimum Gasteiger partial charge on any atom is -0.342 e. The number of tetrazole rings is 1. The fourth-order valence-corrected chi connectivity index (χ4v) is 2.69. The molecular weight excluding hydrogens is 370 g/mol. The third-order valence-corrected chi connectivity index (χ3v) is 4.09. The van der Waals surface area contributed by atoms with Crippen molar-refractivity contribution in [1.82, 2.24) is 25.5 Å². The smallest absolute Gasteiger partial charge is 0.251 e. The normalized spacial score (nSPS) is 12.0. The summed E-state index contributed by atoms with van der Waals surface area (Å²) in [5, 5.41) is 14.7. The van der Waals surface area contributed by atoms with Gasteiger partial charge in [-0.2, -0.15) is 4.68 Å². The number of halogens is 1. The molecule has 0 fully saturated rings. The number of hydrogen-bond donors (Lipinski definition) is 1. The third kappa shape index (κ3) is 3.51. The van der Waals surface area contributed by atoms with E-state index in [1.165, 1.54) is 0 Å².